The van der Waals surface area contributed by atoms with E-state index in [1.807, 2.05) is 24.3 Å². The zero-order valence-electron chi connectivity index (χ0n) is 13.7. The zero-order chi connectivity index (χ0) is 18.6. The van der Waals surface area contributed by atoms with Gasteiger partial charge in [0.15, 0.2) is 0 Å². The van der Waals surface area contributed by atoms with Crippen molar-refractivity contribution in [2.45, 2.75) is 0 Å². The number of urea groups is 1. The van der Waals surface area contributed by atoms with Crippen LogP contribution in [0.25, 0.3) is 22.6 Å². The van der Waals surface area contributed by atoms with Crippen molar-refractivity contribution in [3.8, 4) is 22.6 Å². The van der Waals surface area contributed by atoms with Crippen LogP contribution in [0.5, 0.6) is 0 Å². The minimum absolute atomic E-state index is 0.363. The predicted molar refractivity (Wildman–Crippen MR) is 105 cm³/mol. The summed E-state index contributed by atoms with van der Waals surface area (Å²) in [5.41, 5.74) is 3.23. The van der Waals surface area contributed by atoms with Crippen LogP contribution < -0.4 is 10.6 Å². The molecule has 27 heavy (non-hydrogen) atoms. The van der Waals surface area contributed by atoms with Gasteiger partial charge in [0.05, 0.1) is 12.4 Å². The van der Waals surface area contributed by atoms with Crippen molar-refractivity contribution in [2.75, 3.05) is 10.6 Å². The van der Waals surface area contributed by atoms with Crippen molar-refractivity contribution in [1.82, 2.24) is 14.6 Å². The number of hydrogen-bond donors (Lipinski definition) is 2. The van der Waals surface area contributed by atoms with Gasteiger partial charge in [0.2, 0.25) is 5.89 Å². The van der Waals surface area contributed by atoms with Crippen LogP contribution in [0.15, 0.2) is 65.5 Å². The van der Waals surface area contributed by atoms with Gasteiger partial charge in [-0.15, -0.1) is 5.10 Å². The lowest BCUT2D eigenvalue weighted by Crippen LogP contribution is -2.18. The van der Waals surface area contributed by atoms with Crippen molar-refractivity contribution < 1.29 is 9.21 Å². The fourth-order valence-electron chi connectivity index (χ4n) is 2.48. The molecule has 0 saturated heterocycles. The topological polar surface area (TPSA) is 92.9 Å². The van der Waals surface area contributed by atoms with Gasteiger partial charge in [-0.2, -0.15) is 0 Å². The third-order valence-corrected chi connectivity index (χ3v) is 4.61. The molecule has 0 unspecified atom stereocenters. The van der Waals surface area contributed by atoms with Crippen molar-refractivity contribution in [3.05, 3.63) is 66.1 Å². The maximum absolute atomic E-state index is 12.0. The summed E-state index contributed by atoms with van der Waals surface area (Å²) in [4.78, 5) is 16.1. The quantitative estimate of drug-likeness (QED) is 0.496. The molecule has 0 aliphatic heterocycles. The molecule has 0 spiro atoms. The fraction of sp³-hybridized carbons (Fsp3) is 0. The van der Waals surface area contributed by atoms with E-state index < -0.39 is 0 Å². The molecule has 0 fully saturated rings. The molecule has 134 valence electrons. The van der Waals surface area contributed by atoms with E-state index in [2.05, 4.69) is 25.2 Å². The average molecular weight is 398 g/mol. The van der Waals surface area contributed by atoms with Crippen LogP contribution in [0.1, 0.15) is 0 Å². The second kappa shape index (κ2) is 7.56. The van der Waals surface area contributed by atoms with E-state index in [1.54, 1.807) is 24.4 Å². The molecule has 2 heterocycles. The molecule has 0 bridgehead atoms. The summed E-state index contributed by atoms with van der Waals surface area (Å²) >= 11 is 7.46. The highest BCUT2D eigenvalue weighted by molar-refractivity contribution is 7.10. The van der Waals surface area contributed by atoms with E-state index in [0.717, 1.165) is 28.2 Å². The highest BCUT2D eigenvalue weighted by atomic mass is 35.5. The molecule has 4 rings (SSSR count). The molecule has 7 nitrogen and oxygen atoms in total. The molecule has 9 heteroatoms. The van der Waals surface area contributed by atoms with E-state index in [-0.39, 0.29) is 6.03 Å². The molecule has 2 N–H and O–H groups in total. The molecule has 0 aliphatic rings. The summed E-state index contributed by atoms with van der Waals surface area (Å²) in [6.07, 6.45) is 4.60. The summed E-state index contributed by atoms with van der Waals surface area (Å²) in [7, 11) is 0. The SMILES string of the molecule is O=C(Nc1ccc(-c2cc(-c3ncco3)ccc2Cl)cc1)Nc1cnns1. The third-order valence-electron chi connectivity index (χ3n) is 3.70. The molecule has 0 aliphatic carbocycles. The number of hydrogen-bond acceptors (Lipinski definition) is 6. The Balaban J connectivity index is 1.52. The Morgan fingerprint density at radius 3 is 2.59 bits per heavy atom. The predicted octanol–water partition coefficient (Wildman–Crippen LogP) is 5.16. The zero-order valence-corrected chi connectivity index (χ0v) is 15.3. The first-order valence-corrected chi connectivity index (χ1v) is 8.99. The Hall–Kier alpha value is -3.23. The summed E-state index contributed by atoms with van der Waals surface area (Å²) in [6, 6.07) is 12.6. The standard InChI is InChI=1S/C18H12ClN5O2S/c19-15-6-3-12(17-20-7-8-26-17)9-14(15)11-1-4-13(5-2-11)22-18(25)23-16-10-21-24-27-16/h1-10H,(H2,22,23,25). The van der Waals surface area contributed by atoms with E-state index in [0.29, 0.717) is 21.6 Å². The van der Waals surface area contributed by atoms with Crippen LogP contribution in [-0.4, -0.2) is 20.6 Å². The lowest BCUT2D eigenvalue weighted by Gasteiger charge is -2.09. The number of halogens is 1. The monoisotopic (exact) mass is 397 g/mol. The smallest absolute Gasteiger partial charge is 0.324 e. The fourth-order valence-corrected chi connectivity index (χ4v) is 3.12. The minimum Gasteiger partial charge on any atom is -0.445 e. The molecule has 0 saturated carbocycles. The van der Waals surface area contributed by atoms with Crippen LogP contribution in [0, 0.1) is 0 Å². The highest BCUT2D eigenvalue weighted by Gasteiger charge is 2.10. The number of rotatable bonds is 4. The average Bonchev–Trinajstić information content (AvgIpc) is 3.37. The van der Waals surface area contributed by atoms with E-state index in [1.165, 1.54) is 12.5 Å². The van der Waals surface area contributed by atoms with Crippen molar-refractivity contribution in [2.24, 2.45) is 0 Å². The first kappa shape index (κ1) is 17.2. The third kappa shape index (κ3) is 3.97. The summed E-state index contributed by atoms with van der Waals surface area (Å²) < 4.78 is 9.03. The van der Waals surface area contributed by atoms with Gasteiger partial charge in [0.25, 0.3) is 0 Å². The first-order chi connectivity index (χ1) is 13.2. The number of amides is 2. The largest absolute Gasteiger partial charge is 0.445 e. The van der Waals surface area contributed by atoms with Crippen LogP contribution in [0.4, 0.5) is 15.5 Å². The Bertz CT molecular complexity index is 1050. The number of carbonyl (C=O) groups excluding carboxylic acids is 1. The van der Waals surface area contributed by atoms with Crippen LogP contribution in [0.3, 0.4) is 0 Å². The van der Waals surface area contributed by atoms with Gasteiger partial charge in [-0.3, -0.25) is 5.32 Å². The number of aromatic nitrogens is 3. The van der Waals surface area contributed by atoms with Crippen LogP contribution in [-0.2, 0) is 0 Å². The Morgan fingerprint density at radius 2 is 1.89 bits per heavy atom. The van der Waals surface area contributed by atoms with Gasteiger partial charge in [-0.05, 0) is 35.9 Å². The molecule has 2 aromatic heterocycles. The number of carbonyl (C=O) groups is 1. The maximum atomic E-state index is 12.0. The summed E-state index contributed by atoms with van der Waals surface area (Å²) in [5, 5.41) is 10.2. The molecular weight excluding hydrogens is 386 g/mol. The number of nitrogens with one attached hydrogen (secondary N) is 2. The normalized spacial score (nSPS) is 10.6. The number of oxazole rings is 1. The van der Waals surface area contributed by atoms with Gasteiger partial charge in [-0.1, -0.05) is 28.2 Å². The summed E-state index contributed by atoms with van der Waals surface area (Å²) in [5.74, 6) is 0.528. The molecule has 2 amide bonds. The van der Waals surface area contributed by atoms with Gasteiger partial charge in [-0.25, -0.2) is 9.78 Å². The maximum Gasteiger partial charge on any atom is 0.324 e. The molecule has 2 aromatic carbocycles. The first-order valence-electron chi connectivity index (χ1n) is 7.84. The lowest BCUT2D eigenvalue weighted by atomic mass is 10.0. The molecule has 0 radical (unpaired) electrons. The van der Waals surface area contributed by atoms with Gasteiger partial charge < -0.3 is 9.73 Å². The van der Waals surface area contributed by atoms with Gasteiger partial charge >= 0.3 is 6.03 Å². The Kier molecular flexibility index (Phi) is 4.82. The van der Waals surface area contributed by atoms with Crippen molar-refractivity contribution in [3.63, 3.8) is 0 Å². The van der Waals surface area contributed by atoms with E-state index in [4.69, 9.17) is 16.0 Å². The van der Waals surface area contributed by atoms with E-state index in [9.17, 15) is 4.79 Å². The van der Waals surface area contributed by atoms with Gasteiger partial charge in [0.1, 0.15) is 11.3 Å². The molecular formula is C18H12ClN5O2S. The summed E-state index contributed by atoms with van der Waals surface area (Å²) in [6.45, 7) is 0. The second-order valence-corrected chi connectivity index (χ2v) is 6.66. The minimum atomic E-state index is -0.363. The number of nitrogens with zero attached hydrogens (tertiary/aromatic N) is 3. The van der Waals surface area contributed by atoms with E-state index >= 15 is 0 Å². The number of benzene rings is 2. The van der Waals surface area contributed by atoms with Crippen molar-refractivity contribution >= 4 is 39.9 Å². The van der Waals surface area contributed by atoms with Gasteiger partial charge in [0, 0.05) is 33.4 Å². The van der Waals surface area contributed by atoms with Crippen molar-refractivity contribution in [1.29, 1.82) is 0 Å². The lowest BCUT2D eigenvalue weighted by molar-refractivity contribution is 0.262. The van der Waals surface area contributed by atoms with Crippen LogP contribution >= 0.6 is 23.1 Å². The molecule has 0 atom stereocenters. The Labute approximate surface area is 163 Å². The number of anilines is 2. The van der Waals surface area contributed by atoms with Crippen LogP contribution in [0.2, 0.25) is 5.02 Å². The molecule has 4 aromatic rings. The Morgan fingerprint density at radius 1 is 1.07 bits per heavy atom. The second-order valence-electron chi connectivity index (χ2n) is 5.47. The highest BCUT2D eigenvalue weighted by Crippen LogP contribution is 2.32.